The molecular formula is C15H19N3S. The monoisotopic (exact) mass is 273 g/mol. The van der Waals surface area contributed by atoms with Gasteiger partial charge in [0.1, 0.15) is 5.82 Å². The Morgan fingerprint density at radius 3 is 3.00 bits per heavy atom. The van der Waals surface area contributed by atoms with Crippen LogP contribution in [0.3, 0.4) is 0 Å². The van der Waals surface area contributed by atoms with Crippen molar-refractivity contribution in [2.45, 2.75) is 29.5 Å². The molecule has 0 amide bonds. The fourth-order valence-corrected chi connectivity index (χ4v) is 4.08. The van der Waals surface area contributed by atoms with Gasteiger partial charge in [-0.1, -0.05) is 25.1 Å². The summed E-state index contributed by atoms with van der Waals surface area (Å²) in [5.41, 5.74) is 1.47. The normalized spacial score (nSPS) is 19.4. The lowest BCUT2D eigenvalue weighted by molar-refractivity contribution is 0.492. The quantitative estimate of drug-likeness (QED) is 0.929. The van der Waals surface area contributed by atoms with Gasteiger partial charge in [0, 0.05) is 29.6 Å². The molecule has 3 rings (SSSR count). The number of thioether (sulfide) groups is 1. The summed E-state index contributed by atoms with van der Waals surface area (Å²) in [6.07, 6.45) is 5.02. The van der Waals surface area contributed by atoms with Crippen LogP contribution in [0.15, 0.2) is 41.6 Å². The molecule has 1 aromatic carbocycles. The average molecular weight is 273 g/mol. The Bertz CT molecular complexity index is 539. The van der Waals surface area contributed by atoms with Crippen molar-refractivity contribution < 1.29 is 0 Å². The van der Waals surface area contributed by atoms with Crippen LogP contribution in [0.2, 0.25) is 0 Å². The Balaban J connectivity index is 1.86. The van der Waals surface area contributed by atoms with Gasteiger partial charge in [-0.05, 0) is 24.6 Å². The molecule has 1 aromatic heterocycles. The van der Waals surface area contributed by atoms with Crippen LogP contribution in [0.25, 0.3) is 0 Å². The zero-order valence-electron chi connectivity index (χ0n) is 11.3. The third-order valence-corrected chi connectivity index (χ3v) is 5.00. The summed E-state index contributed by atoms with van der Waals surface area (Å²) in [6.45, 7) is 3.12. The van der Waals surface area contributed by atoms with Crippen LogP contribution in [0.5, 0.6) is 0 Å². The lowest BCUT2D eigenvalue weighted by Gasteiger charge is -2.23. The Labute approximate surface area is 118 Å². The number of aryl methyl sites for hydroxylation is 1. The lowest BCUT2D eigenvalue weighted by Crippen LogP contribution is -2.32. The van der Waals surface area contributed by atoms with E-state index in [9.17, 15) is 0 Å². The minimum atomic E-state index is 0.308. The van der Waals surface area contributed by atoms with E-state index in [0.29, 0.717) is 11.3 Å². The van der Waals surface area contributed by atoms with Gasteiger partial charge in [-0.25, -0.2) is 4.98 Å². The molecule has 0 saturated heterocycles. The molecule has 100 valence electrons. The summed E-state index contributed by atoms with van der Waals surface area (Å²) in [5, 5.41) is 4.12. The van der Waals surface area contributed by atoms with Gasteiger partial charge in [-0.2, -0.15) is 0 Å². The second-order valence-corrected chi connectivity index (χ2v) is 6.18. The van der Waals surface area contributed by atoms with Gasteiger partial charge in [0.25, 0.3) is 0 Å². The van der Waals surface area contributed by atoms with E-state index in [-0.39, 0.29) is 0 Å². The molecule has 1 N–H and O–H groups in total. The first-order valence-corrected chi connectivity index (χ1v) is 7.62. The standard InChI is InChI=1S/C15H19N3S/c1-3-16-14(15-17-8-9-18(15)2)13-10-11-6-4-5-7-12(11)19-13/h4-9,13-14,16H,3,10H2,1-2H3. The van der Waals surface area contributed by atoms with Gasteiger partial charge in [-0.3, -0.25) is 0 Å². The van der Waals surface area contributed by atoms with E-state index in [4.69, 9.17) is 0 Å². The van der Waals surface area contributed by atoms with Crippen LogP contribution < -0.4 is 5.32 Å². The number of benzene rings is 1. The number of imidazole rings is 1. The van der Waals surface area contributed by atoms with E-state index in [1.54, 1.807) is 0 Å². The molecular weight excluding hydrogens is 254 g/mol. The molecule has 0 bridgehead atoms. The number of hydrogen-bond acceptors (Lipinski definition) is 3. The van der Waals surface area contributed by atoms with Crippen LogP contribution in [0.1, 0.15) is 24.4 Å². The number of fused-ring (bicyclic) bond motifs is 1. The summed E-state index contributed by atoms with van der Waals surface area (Å²) in [4.78, 5) is 5.95. The summed E-state index contributed by atoms with van der Waals surface area (Å²) >= 11 is 1.98. The molecule has 0 fully saturated rings. The third-order valence-electron chi connectivity index (χ3n) is 3.60. The van der Waals surface area contributed by atoms with E-state index >= 15 is 0 Å². The van der Waals surface area contributed by atoms with Gasteiger partial charge in [0.05, 0.1) is 6.04 Å². The predicted octanol–water partition coefficient (Wildman–Crippen LogP) is 2.79. The summed E-state index contributed by atoms with van der Waals surface area (Å²) in [6, 6.07) is 9.02. The number of hydrogen-bond donors (Lipinski definition) is 1. The molecule has 3 nitrogen and oxygen atoms in total. The SMILES string of the molecule is CCNC(c1nccn1C)C1Cc2ccccc2S1. The number of nitrogens with one attached hydrogen (secondary N) is 1. The van der Waals surface area contributed by atoms with Crippen LogP contribution in [-0.2, 0) is 13.5 Å². The van der Waals surface area contributed by atoms with Gasteiger partial charge >= 0.3 is 0 Å². The van der Waals surface area contributed by atoms with Crippen LogP contribution in [0, 0.1) is 0 Å². The second kappa shape index (κ2) is 5.39. The zero-order chi connectivity index (χ0) is 13.2. The van der Waals surface area contributed by atoms with Crippen LogP contribution in [0.4, 0.5) is 0 Å². The van der Waals surface area contributed by atoms with Crippen molar-refractivity contribution in [1.29, 1.82) is 0 Å². The van der Waals surface area contributed by atoms with Gasteiger partial charge in [-0.15, -0.1) is 11.8 Å². The summed E-state index contributed by atoms with van der Waals surface area (Å²) in [5.74, 6) is 1.13. The van der Waals surface area contributed by atoms with E-state index in [0.717, 1.165) is 18.8 Å². The minimum absolute atomic E-state index is 0.308. The largest absolute Gasteiger partial charge is 0.337 e. The Kier molecular flexibility index (Phi) is 3.62. The van der Waals surface area contributed by atoms with E-state index in [1.165, 1.54) is 10.5 Å². The smallest absolute Gasteiger partial charge is 0.126 e. The topological polar surface area (TPSA) is 29.9 Å². The third kappa shape index (κ3) is 2.42. The fourth-order valence-electron chi connectivity index (χ4n) is 2.68. The van der Waals surface area contributed by atoms with Crippen LogP contribution >= 0.6 is 11.8 Å². The average Bonchev–Trinajstić information content (AvgIpc) is 3.02. The highest BCUT2D eigenvalue weighted by Crippen LogP contribution is 2.42. The maximum Gasteiger partial charge on any atom is 0.126 e. The van der Waals surface area contributed by atoms with Crippen molar-refractivity contribution in [2.75, 3.05) is 6.54 Å². The van der Waals surface area contributed by atoms with Crippen molar-refractivity contribution in [1.82, 2.24) is 14.9 Å². The van der Waals surface area contributed by atoms with E-state index in [1.807, 2.05) is 24.2 Å². The number of rotatable bonds is 4. The molecule has 2 atom stereocenters. The number of nitrogens with zero attached hydrogens (tertiary/aromatic N) is 2. The zero-order valence-corrected chi connectivity index (χ0v) is 12.2. The summed E-state index contributed by atoms with van der Waals surface area (Å²) < 4.78 is 2.12. The first-order valence-electron chi connectivity index (χ1n) is 6.74. The van der Waals surface area contributed by atoms with Gasteiger partial charge in [0.15, 0.2) is 0 Å². The van der Waals surface area contributed by atoms with E-state index < -0.39 is 0 Å². The molecule has 2 heterocycles. The highest BCUT2D eigenvalue weighted by molar-refractivity contribution is 8.00. The molecule has 2 unspecified atom stereocenters. The molecule has 0 spiro atoms. The van der Waals surface area contributed by atoms with Crippen molar-refractivity contribution >= 4 is 11.8 Å². The van der Waals surface area contributed by atoms with Gasteiger partial charge < -0.3 is 9.88 Å². The molecule has 1 aliphatic rings. The molecule has 0 radical (unpaired) electrons. The first kappa shape index (κ1) is 12.8. The highest BCUT2D eigenvalue weighted by atomic mass is 32.2. The van der Waals surface area contributed by atoms with Crippen molar-refractivity contribution in [2.24, 2.45) is 7.05 Å². The maximum absolute atomic E-state index is 4.53. The second-order valence-electron chi connectivity index (χ2n) is 4.90. The number of aromatic nitrogens is 2. The Morgan fingerprint density at radius 1 is 1.47 bits per heavy atom. The maximum atomic E-state index is 4.53. The van der Waals surface area contributed by atoms with Crippen molar-refractivity contribution in [3.05, 3.63) is 48.0 Å². The van der Waals surface area contributed by atoms with Crippen molar-refractivity contribution in [3.8, 4) is 0 Å². The van der Waals surface area contributed by atoms with Gasteiger partial charge in [0.2, 0.25) is 0 Å². The first-order chi connectivity index (χ1) is 9.29. The highest BCUT2D eigenvalue weighted by Gasteiger charge is 2.31. The lowest BCUT2D eigenvalue weighted by atomic mass is 10.0. The van der Waals surface area contributed by atoms with Crippen molar-refractivity contribution in [3.63, 3.8) is 0 Å². The molecule has 19 heavy (non-hydrogen) atoms. The molecule has 0 saturated carbocycles. The Morgan fingerprint density at radius 2 is 2.32 bits per heavy atom. The molecule has 2 aromatic rings. The molecule has 0 aliphatic carbocycles. The van der Waals surface area contributed by atoms with Crippen LogP contribution in [-0.4, -0.2) is 21.3 Å². The van der Waals surface area contributed by atoms with E-state index in [2.05, 4.69) is 53.1 Å². The molecule has 1 aliphatic heterocycles. The predicted molar refractivity (Wildman–Crippen MR) is 79.4 cm³/mol. The summed E-state index contributed by atoms with van der Waals surface area (Å²) in [7, 11) is 2.07. The Hall–Kier alpha value is -1.26. The molecule has 4 heteroatoms. The fraction of sp³-hybridized carbons (Fsp3) is 0.400. The minimum Gasteiger partial charge on any atom is -0.337 e.